The Labute approximate surface area is 343 Å². The van der Waals surface area contributed by atoms with Gasteiger partial charge in [-0.3, -0.25) is 24.1 Å². The number of aromatic hydroxyl groups is 1. The number of phenolic OH excluding ortho intramolecular Hbond substituents is 1. The third-order valence-electron chi connectivity index (χ3n) is 11.8. The van der Waals surface area contributed by atoms with Gasteiger partial charge in [0.15, 0.2) is 33.0 Å². The van der Waals surface area contributed by atoms with Crippen molar-refractivity contribution in [2.75, 3.05) is 28.8 Å². The van der Waals surface area contributed by atoms with Crippen molar-refractivity contribution >= 4 is 75.3 Å². The highest BCUT2D eigenvalue weighted by Crippen LogP contribution is 2.66. The molecule has 2 aliphatic carbocycles. The summed E-state index contributed by atoms with van der Waals surface area (Å²) in [6.07, 6.45) is 0.932. The van der Waals surface area contributed by atoms with Gasteiger partial charge in [0.25, 0.3) is 11.8 Å². The maximum absolute atomic E-state index is 15.4. The number of aryl methyl sites for hydroxylation is 2. The number of phenols is 1. The number of alkyl halides is 2. The molecule has 4 aromatic rings. The summed E-state index contributed by atoms with van der Waals surface area (Å²) in [4.78, 5) is 55.0. The number of halogens is 7. The summed E-state index contributed by atoms with van der Waals surface area (Å²) in [5.41, 5.74) is 1.42. The molecule has 2 aliphatic heterocycles. The van der Waals surface area contributed by atoms with Crippen LogP contribution in [0, 0.1) is 60.7 Å². The number of rotatable bonds is 6. The molecule has 1 N–H and O–H groups in total. The van der Waals surface area contributed by atoms with Crippen LogP contribution in [0.1, 0.15) is 35.4 Å². The van der Waals surface area contributed by atoms with Gasteiger partial charge in [0, 0.05) is 25.7 Å². The molecule has 2 heterocycles. The first-order valence-electron chi connectivity index (χ1n) is 18.3. The predicted molar refractivity (Wildman–Crippen MR) is 208 cm³/mol. The molecule has 59 heavy (non-hydrogen) atoms. The molecule has 10 nitrogen and oxygen atoms in total. The average molecular weight is 853 g/mol. The molecule has 0 spiro atoms. The number of fused-ring (bicyclic) bond motifs is 4. The zero-order valence-corrected chi connectivity index (χ0v) is 33.0. The summed E-state index contributed by atoms with van der Waals surface area (Å²) in [5.74, 6) is -21.5. The smallest absolute Gasteiger partial charge is 0.258 e. The number of azo groups is 1. The van der Waals surface area contributed by atoms with Gasteiger partial charge in [-0.25, -0.2) is 26.9 Å². The van der Waals surface area contributed by atoms with Gasteiger partial charge in [-0.1, -0.05) is 23.8 Å². The molecule has 0 radical (unpaired) electrons. The van der Waals surface area contributed by atoms with Gasteiger partial charge in [0.05, 0.1) is 28.9 Å². The Morgan fingerprint density at radius 2 is 1.25 bits per heavy atom. The Morgan fingerprint density at radius 1 is 0.729 bits per heavy atom. The van der Waals surface area contributed by atoms with Crippen LogP contribution in [0.25, 0.3) is 0 Å². The molecule has 304 valence electrons. The molecule has 0 bridgehead atoms. The normalized spacial score (nSPS) is 26.4. The van der Waals surface area contributed by atoms with Crippen LogP contribution in [-0.2, 0) is 19.2 Å². The molecule has 17 heteroatoms. The van der Waals surface area contributed by atoms with Crippen molar-refractivity contribution in [1.29, 1.82) is 0 Å². The maximum atomic E-state index is 15.4. The minimum Gasteiger partial charge on any atom is -0.507 e. The topological polar surface area (TPSA) is 123 Å². The molecule has 4 aliphatic rings. The second-order valence-electron chi connectivity index (χ2n) is 15.3. The maximum Gasteiger partial charge on any atom is 0.258 e. The molecular weight excluding hydrogens is 820 g/mol. The number of benzene rings is 4. The van der Waals surface area contributed by atoms with E-state index in [1.807, 2.05) is 31.1 Å². The van der Waals surface area contributed by atoms with Crippen LogP contribution < -0.4 is 14.7 Å². The molecule has 4 amide bonds. The fourth-order valence-corrected chi connectivity index (χ4v) is 9.89. The fourth-order valence-electron chi connectivity index (χ4n) is 8.95. The average Bonchev–Trinajstić information content (AvgIpc) is 3.55. The molecule has 3 fully saturated rings. The van der Waals surface area contributed by atoms with E-state index in [4.69, 9.17) is 23.2 Å². The lowest BCUT2D eigenvalue weighted by atomic mass is 9.56. The minimum atomic E-state index is -2.68. The first kappa shape index (κ1) is 40.1. The van der Waals surface area contributed by atoms with Crippen molar-refractivity contribution in [2.45, 2.75) is 42.4 Å². The van der Waals surface area contributed by atoms with Crippen LogP contribution in [0.15, 0.2) is 82.5 Å². The largest absolute Gasteiger partial charge is 0.507 e. The highest BCUT2D eigenvalue weighted by molar-refractivity contribution is 6.58. The van der Waals surface area contributed by atoms with Crippen LogP contribution in [0.2, 0.25) is 0 Å². The second kappa shape index (κ2) is 14.0. The minimum absolute atomic E-state index is 0.0330. The lowest BCUT2D eigenvalue weighted by Gasteiger charge is -2.50. The van der Waals surface area contributed by atoms with Gasteiger partial charge in [-0.2, -0.15) is 10.2 Å². The first-order chi connectivity index (χ1) is 27.8. The number of amides is 4. The van der Waals surface area contributed by atoms with E-state index in [1.54, 1.807) is 44.2 Å². The van der Waals surface area contributed by atoms with Crippen LogP contribution in [0.3, 0.4) is 0 Å². The number of carbonyl (C=O) groups is 4. The lowest BCUT2D eigenvalue weighted by Crippen LogP contribution is -2.60. The molecule has 0 aromatic heterocycles. The van der Waals surface area contributed by atoms with Crippen molar-refractivity contribution in [1.82, 2.24) is 0 Å². The van der Waals surface area contributed by atoms with E-state index in [0.29, 0.717) is 28.1 Å². The van der Waals surface area contributed by atoms with Crippen molar-refractivity contribution < 1.29 is 46.2 Å². The summed E-state index contributed by atoms with van der Waals surface area (Å²) in [5, 5.41) is 19.1. The molecule has 8 rings (SSSR count). The lowest BCUT2D eigenvalue weighted by molar-refractivity contribution is -0.125. The molecule has 2 saturated heterocycles. The van der Waals surface area contributed by atoms with Crippen molar-refractivity contribution in [3.8, 4) is 5.75 Å². The summed E-state index contributed by atoms with van der Waals surface area (Å²) in [7, 11) is 3.82. The van der Waals surface area contributed by atoms with Crippen LogP contribution in [-0.4, -0.2) is 52.6 Å². The standard InChI is InChI=1S/C42H32Cl2F5N5O5/c1-18-15-20(16-19(2)36(18)55)29-25-13-14-26-28(38(57)53(37(26)56)24-11-7-22(8-12-24)51-50-21-5-9-23(10-6-21)52(3)4)27(25)17-41(43)39(58)54(40(59)42(29,41)44)35-33(48)31(46)30(45)32(47)34(35)49/h5-13,15-16,26-29,55H,14,17H2,1-4H3/t26-,27+,28-,29-,41+,42-/m0/s1. The van der Waals surface area contributed by atoms with Crippen LogP contribution >= 0.6 is 23.2 Å². The van der Waals surface area contributed by atoms with Gasteiger partial charge < -0.3 is 10.0 Å². The van der Waals surface area contributed by atoms with E-state index in [1.165, 1.54) is 24.3 Å². The third kappa shape index (κ3) is 5.71. The van der Waals surface area contributed by atoms with E-state index < -0.39 is 98.2 Å². The molecule has 0 unspecified atom stereocenters. The van der Waals surface area contributed by atoms with Gasteiger partial charge in [-0.15, -0.1) is 23.2 Å². The van der Waals surface area contributed by atoms with Crippen LogP contribution in [0.4, 0.5) is 50.4 Å². The van der Waals surface area contributed by atoms with Crippen molar-refractivity contribution in [2.24, 2.45) is 28.0 Å². The zero-order valence-electron chi connectivity index (χ0n) is 31.5. The summed E-state index contributed by atoms with van der Waals surface area (Å²) in [6, 6.07) is 16.4. The number of hydrogen-bond donors (Lipinski definition) is 1. The van der Waals surface area contributed by atoms with Crippen LogP contribution in [0.5, 0.6) is 5.75 Å². The Bertz CT molecular complexity index is 2540. The monoisotopic (exact) mass is 851 g/mol. The molecule has 4 aromatic carbocycles. The van der Waals surface area contributed by atoms with Gasteiger partial charge in [-0.05, 0) is 97.8 Å². The Balaban J connectivity index is 1.19. The first-order valence-corrected chi connectivity index (χ1v) is 19.0. The number of anilines is 3. The number of imide groups is 2. The van der Waals surface area contributed by atoms with Gasteiger partial charge >= 0.3 is 0 Å². The fraction of sp³-hybridized carbons (Fsp3) is 0.286. The Morgan fingerprint density at radius 3 is 1.80 bits per heavy atom. The Hall–Kier alpha value is -5.67. The number of allylic oxidation sites excluding steroid dienone is 2. The highest BCUT2D eigenvalue weighted by Gasteiger charge is 2.77. The number of carbonyl (C=O) groups excluding carboxylic acids is 4. The van der Waals surface area contributed by atoms with E-state index in [2.05, 4.69) is 10.2 Å². The van der Waals surface area contributed by atoms with Crippen molar-refractivity contribution in [3.63, 3.8) is 0 Å². The number of hydrogen-bond acceptors (Lipinski definition) is 8. The summed E-state index contributed by atoms with van der Waals surface area (Å²) < 4.78 is 74.0. The third-order valence-corrected chi connectivity index (χ3v) is 13.2. The highest BCUT2D eigenvalue weighted by atomic mass is 35.5. The number of nitrogens with zero attached hydrogens (tertiary/aromatic N) is 5. The van der Waals surface area contributed by atoms with Gasteiger partial charge in [0.2, 0.25) is 17.6 Å². The second-order valence-corrected chi connectivity index (χ2v) is 16.6. The Kier molecular flexibility index (Phi) is 9.50. The van der Waals surface area contributed by atoms with E-state index in [9.17, 15) is 37.5 Å². The van der Waals surface area contributed by atoms with E-state index in [0.717, 1.165) is 10.6 Å². The van der Waals surface area contributed by atoms with E-state index >= 15 is 8.78 Å². The van der Waals surface area contributed by atoms with E-state index in [-0.39, 0.29) is 28.3 Å². The predicted octanol–water partition coefficient (Wildman–Crippen LogP) is 8.95. The quantitative estimate of drug-likeness (QED) is 0.0393. The van der Waals surface area contributed by atoms with Gasteiger partial charge in [0.1, 0.15) is 11.4 Å². The summed E-state index contributed by atoms with van der Waals surface area (Å²) in [6.45, 7) is 3.09. The summed E-state index contributed by atoms with van der Waals surface area (Å²) >= 11 is 14.5. The molecule has 1 saturated carbocycles. The van der Waals surface area contributed by atoms with Crippen molar-refractivity contribution in [3.05, 3.63) is 118 Å². The SMILES string of the molecule is Cc1cc([C@H]2C3=CC[C@@H]4C(=O)N(c5ccc(N=Nc6ccc(N(C)C)cc6)cc5)C(=O)[C@@H]4[C@@H]3C[C@@]3(Cl)C(=O)N(c4c(F)c(F)c(F)c(F)c4F)C(=O)[C@@]23Cl)cc(C)c1O. The zero-order chi connectivity index (χ0) is 42.6. The molecular formula is C42H32Cl2F5N5O5. The molecule has 6 atom stereocenters.